The van der Waals surface area contributed by atoms with E-state index >= 15 is 0 Å². The third-order valence-corrected chi connectivity index (χ3v) is 2.88. The van der Waals surface area contributed by atoms with E-state index in [1.807, 2.05) is 29.7 Å². The van der Waals surface area contributed by atoms with Crippen LogP contribution in [0.4, 0.5) is 0 Å². The van der Waals surface area contributed by atoms with Crippen LogP contribution in [0, 0.1) is 14.2 Å². The van der Waals surface area contributed by atoms with Gasteiger partial charge in [-0.3, -0.25) is 0 Å². The smallest absolute Gasteiger partial charge is 0.133 e. The molecule has 4 heteroatoms. The molecule has 0 N–H and O–H groups in total. The molecule has 0 aliphatic rings. The Morgan fingerprint density at radius 2 is 2.07 bits per heavy atom. The summed E-state index contributed by atoms with van der Waals surface area (Å²) in [6, 6.07) is 7.94. The molecule has 0 fully saturated rings. The molecule has 0 atom stereocenters. The molecule has 14 heavy (non-hydrogen) atoms. The molecule has 0 saturated heterocycles. The molecule has 0 bridgehead atoms. The Hall–Kier alpha value is -0.410. The first-order valence-electron chi connectivity index (χ1n) is 4.22. The minimum absolute atomic E-state index is 0.676. The summed E-state index contributed by atoms with van der Waals surface area (Å²) in [7, 11) is 0. The predicted molar refractivity (Wildman–Crippen MR) is 67.3 cm³/mol. The topological polar surface area (TPSA) is 33.0 Å². The Balaban J connectivity index is 2.19. The van der Waals surface area contributed by atoms with E-state index in [0.717, 1.165) is 17.9 Å². The minimum Gasteiger partial charge on any atom is -0.494 e. The van der Waals surface area contributed by atoms with Gasteiger partial charge in [0.1, 0.15) is 11.2 Å². The Kier molecular flexibility index (Phi) is 5.80. The van der Waals surface area contributed by atoms with Gasteiger partial charge in [-0.15, -0.1) is 0 Å². The largest absolute Gasteiger partial charge is 0.494 e. The van der Waals surface area contributed by atoms with Crippen LogP contribution in [-0.4, -0.2) is 12.4 Å². The maximum atomic E-state index is 8.28. The van der Waals surface area contributed by atoms with Crippen molar-refractivity contribution >= 4 is 34.4 Å². The van der Waals surface area contributed by atoms with Crippen LogP contribution < -0.4 is 4.74 Å². The Morgan fingerprint density at radius 3 is 2.71 bits per heavy atom. The van der Waals surface area contributed by atoms with E-state index in [-0.39, 0.29) is 0 Å². The van der Waals surface area contributed by atoms with Gasteiger partial charge in [0, 0.05) is 9.32 Å². The molecule has 0 aliphatic heterocycles. The third kappa shape index (κ3) is 4.72. The van der Waals surface area contributed by atoms with Crippen molar-refractivity contribution in [3.8, 4) is 11.2 Å². The minimum atomic E-state index is 0.676. The maximum Gasteiger partial charge on any atom is 0.133 e. The maximum absolute atomic E-state index is 8.28. The lowest BCUT2D eigenvalue weighted by Crippen LogP contribution is -1.98. The van der Waals surface area contributed by atoms with Crippen LogP contribution in [-0.2, 0) is 0 Å². The Bertz CT molecular complexity index is 307. The zero-order valence-corrected chi connectivity index (χ0v) is 10.5. The van der Waals surface area contributed by atoms with Gasteiger partial charge in [0.25, 0.3) is 0 Å². The van der Waals surface area contributed by atoms with E-state index in [1.165, 1.54) is 15.3 Å². The second-order valence-electron chi connectivity index (χ2n) is 2.60. The molecule has 0 aromatic heterocycles. The Morgan fingerprint density at radius 1 is 1.36 bits per heavy atom. The van der Waals surface area contributed by atoms with Crippen LogP contribution in [0.5, 0.6) is 5.75 Å². The number of halogens is 1. The number of hydrogen-bond acceptors (Lipinski definition) is 3. The fourth-order valence-corrected chi connectivity index (χ4v) is 1.61. The molecule has 0 spiro atoms. The molecule has 0 aliphatic carbocycles. The van der Waals surface area contributed by atoms with Gasteiger partial charge in [0.15, 0.2) is 0 Å². The van der Waals surface area contributed by atoms with E-state index < -0.39 is 0 Å². The number of nitrogens with zero attached hydrogens (tertiary/aromatic N) is 1. The van der Waals surface area contributed by atoms with Crippen LogP contribution in [0.25, 0.3) is 0 Å². The third-order valence-electron chi connectivity index (χ3n) is 1.54. The zero-order valence-electron chi connectivity index (χ0n) is 7.57. The van der Waals surface area contributed by atoms with Gasteiger partial charge in [0.2, 0.25) is 0 Å². The summed E-state index contributed by atoms with van der Waals surface area (Å²) < 4.78 is 6.69. The quantitative estimate of drug-likeness (QED) is 0.474. The van der Waals surface area contributed by atoms with Gasteiger partial charge in [-0.2, -0.15) is 5.26 Å². The summed E-state index contributed by atoms with van der Waals surface area (Å²) in [5, 5.41) is 10.3. The summed E-state index contributed by atoms with van der Waals surface area (Å²) in [6.07, 6.45) is 0.907. The van der Waals surface area contributed by atoms with Gasteiger partial charge < -0.3 is 4.74 Å². The number of rotatable bonds is 5. The van der Waals surface area contributed by atoms with Crippen LogP contribution >= 0.6 is 34.4 Å². The first-order chi connectivity index (χ1) is 6.83. The average Bonchev–Trinajstić information content (AvgIpc) is 2.21. The first kappa shape index (κ1) is 11.7. The summed E-state index contributed by atoms with van der Waals surface area (Å²) in [5.74, 6) is 1.73. The second kappa shape index (κ2) is 6.96. The van der Waals surface area contributed by atoms with Gasteiger partial charge in [-0.05, 0) is 65.0 Å². The zero-order chi connectivity index (χ0) is 10.2. The monoisotopic (exact) mass is 319 g/mol. The summed E-state index contributed by atoms with van der Waals surface area (Å²) >= 11 is 3.53. The lowest BCUT2D eigenvalue weighted by Gasteiger charge is -2.04. The summed E-state index contributed by atoms with van der Waals surface area (Å²) in [6.45, 7) is 0.676. The van der Waals surface area contributed by atoms with E-state index in [1.54, 1.807) is 0 Å². The van der Waals surface area contributed by atoms with E-state index in [2.05, 4.69) is 22.6 Å². The first-order valence-corrected chi connectivity index (χ1v) is 6.28. The lowest BCUT2D eigenvalue weighted by molar-refractivity contribution is 0.318. The SMILES string of the molecule is N#CSCCCOc1ccc(I)cc1. The molecule has 1 rings (SSSR count). The van der Waals surface area contributed by atoms with Crippen molar-refractivity contribution in [3.05, 3.63) is 27.8 Å². The summed E-state index contributed by atoms with van der Waals surface area (Å²) in [5.41, 5.74) is 0. The van der Waals surface area contributed by atoms with Crippen molar-refractivity contribution in [2.24, 2.45) is 0 Å². The Labute approximate surface area is 102 Å². The van der Waals surface area contributed by atoms with Crippen molar-refractivity contribution in [3.63, 3.8) is 0 Å². The number of thioether (sulfide) groups is 1. The standard InChI is InChI=1S/C10H10INOS/c11-9-2-4-10(5-3-9)13-6-1-7-14-8-12/h2-5H,1,6-7H2. The molecule has 0 unspecified atom stereocenters. The molecule has 0 amide bonds. The highest BCUT2D eigenvalue weighted by Gasteiger charge is 1.93. The van der Waals surface area contributed by atoms with Crippen LogP contribution in [0.15, 0.2) is 24.3 Å². The van der Waals surface area contributed by atoms with Crippen molar-refractivity contribution in [2.75, 3.05) is 12.4 Å². The molecule has 1 aromatic rings. The van der Waals surface area contributed by atoms with Crippen molar-refractivity contribution in [1.82, 2.24) is 0 Å². The van der Waals surface area contributed by atoms with Crippen LogP contribution in [0.2, 0.25) is 0 Å². The molecule has 1 aromatic carbocycles. The molecule has 2 nitrogen and oxygen atoms in total. The molecule has 0 heterocycles. The number of thiocyanates is 1. The van der Waals surface area contributed by atoms with Crippen LogP contribution in [0.3, 0.4) is 0 Å². The highest BCUT2D eigenvalue weighted by atomic mass is 127. The number of ether oxygens (including phenoxy) is 1. The van der Waals surface area contributed by atoms with Gasteiger partial charge in [-0.25, -0.2) is 0 Å². The average molecular weight is 319 g/mol. The molecule has 74 valence electrons. The highest BCUT2D eigenvalue weighted by Crippen LogP contribution is 2.13. The van der Waals surface area contributed by atoms with Gasteiger partial charge >= 0.3 is 0 Å². The van der Waals surface area contributed by atoms with Crippen molar-refractivity contribution in [1.29, 1.82) is 5.26 Å². The van der Waals surface area contributed by atoms with E-state index in [0.29, 0.717) is 6.61 Å². The van der Waals surface area contributed by atoms with Crippen LogP contribution in [0.1, 0.15) is 6.42 Å². The fraction of sp³-hybridized carbons (Fsp3) is 0.300. The van der Waals surface area contributed by atoms with E-state index in [4.69, 9.17) is 10.00 Å². The second-order valence-corrected chi connectivity index (χ2v) is 4.72. The van der Waals surface area contributed by atoms with Gasteiger partial charge in [0.05, 0.1) is 6.61 Å². The molecule has 0 saturated carbocycles. The van der Waals surface area contributed by atoms with Gasteiger partial charge in [-0.1, -0.05) is 0 Å². The lowest BCUT2D eigenvalue weighted by atomic mass is 10.3. The van der Waals surface area contributed by atoms with Crippen molar-refractivity contribution < 1.29 is 4.74 Å². The highest BCUT2D eigenvalue weighted by molar-refractivity contribution is 14.1. The number of benzene rings is 1. The number of nitriles is 1. The normalized spacial score (nSPS) is 9.43. The fourth-order valence-electron chi connectivity index (χ4n) is 0.898. The summed E-state index contributed by atoms with van der Waals surface area (Å²) in [4.78, 5) is 0. The molecule has 0 radical (unpaired) electrons. The number of hydrogen-bond donors (Lipinski definition) is 0. The van der Waals surface area contributed by atoms with E-state index in [9.17, 15) is 0 Å². The molecular formula is C10H10INOS. The predicted octanol–water partition coefficient (Wildman–Crippen LogP) is 3.27. The molecular weight excluding hydrogens is 309 g/mol. The van der Waals surface area contributed by atoms with Crippen molar-refractivity contribution in [2.45, 2.75) is 6.42 Å².